The Labute approximate surface area is 215 Å². The van der Waals surface area contributed by atoms with Gasteiger partial charge in [-0.05, 0) is 42.0 Å². The van der Waals surface area contributed by atoms with E-state index in [4.69, 9.17) is 9.47 Å². The van der Waals surface area contributed by atoms with Gasteiger partial charge in [0, 0.05) is 20.5 Å². The summed E-state index contributed by atoms with van der Waals surface area (Å²) in [6, 6.07) is 18.4. The third-order valence-corrected chi connectivity index (χ3v) is 7.03. The number of para-hydroxylation sites is 1. The van der Waals surface area contributed by atoms with Crippen LogP contribution in [0.5, 0.6) is 5.75 Å². The summed E-state index contributed by atoms with van der Waals surface area (Å²) in [5.41, 5.74) is 0.715. The fourth-order valence-corrected chi connectivity index (χ4v) is 4.74. The summed E-state index contributed by atoms with van der Waals surface area (Å²) in [4.78, 5) is 38.1. The van der Waals surface area contributed by atoms with Crippen LogP contribution in [0, 0.1) is 0 Å². The number of amides is 3. The van der Waals surface area contributed by atoms with E-state index in [1.165, 1.54) is 36.3 Å². The number of ether oxygens (including phenoxy) is 2. The Bertz CT molecular complexity index is 1360. The van der Waals surface area contributed by atoms with Crippen molar-refractivity contribution in [2.24, 2.45) is 0 Å². The Morgan fingerprint density at radius 3 is 2.14 bits per heavy atom. The van der Waals surface area contributed by atoms with Crippen molar-refractivity contribution in [3.05, 3.63) is 84.4 Å². The zero-order valence-corrected chi connectivity index (χ0v) is 21.3. The van der Waals surface area contributed by atoms with Gasteiger partial charge in [-0.2, -0.15) is 0 Å². The van der Waals surface area contributed by atoms with E-state index in [0.717, 1.165) is 0 Å². The predicted octanol–water partition coefficient (Wildman–Crippen LogP) is 3.49. The fourth-order valence-electron chi connectivity index (χ4n) is 3.30. The lowest BCUT2D eigenvalue weighted by Crippen LogP contribution is -2.45. The third-order valence-electron chi connectivity index (χ3n) is 5.20. The van der Waals surface area contributed by atoms with Gasteiger partial charge in [0.2, 0.25) is 9.84 Å². The summed E-state index contributed by atoms with van der Waals surface area (Å²) in [6.45, 7) is 0. The van der Waals surface area contributed by atoms with Crippen molar-refractivity contribution in [3.8, 4) is 5.75 Å². The topological polar surface area (TPSA) is 131 Å². The number of urea groups is 1. The smallest absolute Gasteiger partial charge is 0.414 e. The van der Waals surface area contributed by atoms with Crippen LogP contribution in [0.25, 0.3) is 0 Å². The highest BCUT2D eigenvalue weighted by molar-refractivity contribution is 7.91. The summed E-state index contributed by atoms with van der Waals surface area (Å²) in [7, 11) is 0.409. The van der Waals surface area contributed by atoms with E-state index in [1.54, 1.807) is 68.7 Å². The number of sulfone groups is 1. The normalized spacial score (nSPS) is 11.6. The molecule has 0 fully saturated rings. The molecule has 0 heterocycles. The van der Waals surface area contributed by atoms with Crippen LogP contribution in [0.3, 0.4) is 0 Å². The van der Waals surface area contributed by atoms with Crippen LogP contribution >= 0.6 is 0 Å². The first-order chi connectivity index (χ1) is 17.6. The predicted molar refractivity (Wildman–Crippen MR) is 136 cm³/mol. The zero-order chi connectivity index (χ0) is 27.0. The molecule has 0 saturated heterocycles. The number of hydrogen-bond donors (Lipinski definition) is 2. The number of benzene rings is 3. The number of nitrogens with one attached hydrogen (secondary N) is 2. The Morgan fingerprint density at radius 1 is 0.892 bits per heavy atom. The number of esters is 1. The molecule has 194 valence electrons. The van der Waals surface area contributed by atoms with Crippen LogP contribution in [0.15, 0.2) is 88.7 Å². The maximum atomic E-state index is 13.1. The second-order valence-electron chi connectivity index (χ2n) is 8.10. The minimum absolute atomic E-state index is 0.0551. The molecule has 2 N–H and O–H groups in total. The molecule has 0 spiro atoms. The van der Waals surface area contributed by atoms with Gasteiger partial charge in [0.15, 0.2) is 0 Å². The van der Waals surface area contributed by atoms with Crippen LogP contribution in [0.1, 0.15) is 5.56 Å². The molecule has 3 aromatic carbocycles. The van der Waals surface area contributed by atoms with E-state index in [1.807, 2.05) is 0 Å². The maximum Gasteiger partial charge on any atom is 0.414 e. The molecule has 0 aliphatic carbocycles. The standard InChI is InChI=1S/C26H27N3O7S/c1-29(2)26(32)36-19-15-13-18(14-16-19)17-22(24(30)35-3)28-25(31)27-21-11-7-8-12-23(21)37(33,34)20-9-5-4-6-10-20/h4-16,22H,17H2,1-3H3,(H2,27,28,31)/t22-/m0/s1. The molecule has 0 bridgehead atoms. The Kier molecular flexibility index (Phi) is 8.86. The molecule has 11 heteroatoms. The van der Waals surface area contributed by atoms with Crippen molar-refractivity contribution < 1.29 is 32.3 Å². The van der Waals surface area contributed by atoms with Gasteiger partial charge in [-0.25, -0.2) is 22.8 Å². The lowest BCUT2D eigenvalue weighted by Gasteiger charge is -2.18. The molecule has 1 atom stereocenters. The van der Waals surface area contributed by atoms with Crippen LogP contribution < -0.4 is 15.4 Å². The molecule has 0 radical (unpaired) electrons. The lowest BCUT2D eigenvalue weighted by molar-refractivity contribution is -0.142. The van der Waals surface area contributed by atoms with E-state index in [9.17, 15) is 22.8 Å². The zero-order valence-electron chi connectivity index (χ0n) is 20.5. The van der Waals surface area contributed by atoms with Crippen LogP contribution in [0.4, 0.5) is 15.3 Å². The van der Waals surface area contributed by atoms with E-state index in [0.29, 0.717) is 11.3 Å². The molecule has 0 saturated carbocycles. The van der Waals surface area contributed by atoms with Crippen molar-refractivity contribution >= 4 is 33.6 Å². The highest BCUT2D eigenvalue weighted by Gasteiger charge is 2.25. The number of anilines is 1. The van der Waals surface area contributed by atoms with E-state index in [-0.39, 0.29) is 21.9 Å². The van der Waals surface area contributed by atoms with Gasteiger partial charge in [-0.3, -0.25) is 0 Å². The molecule has 0 aromatic heterocycles. The number of hydrogen-bond acceptors (Lipinski definition) is 7. The molecular formula is C26H27N3O7S. The average molecular weight is 526 g/mol. The SMILES string of the molecule is COC(=O)[C@H](Cc1ccc(OC(=O)N(C)C)cc1)NC(=O)Nc1ccccc1S(=O)(=O)c1ccccc1. The van der Waals surface area contributed by atoms with Gasteiger partial charge in [0.25, 0.3) is 0 Å². The van der Waals surface area contributed by atoms with Crippen molar-refractivity contribution in [3.63, 3.8) is 0 Å². The van der Waals surface area contributed by atoms with Crippen LogP contribution in [-0.4, -0.2) is 58.7 Å². The molecule has 3 aromatic rings. The summed E-state index contributed by atoms with van der Waals surface area (Å²) >= 11 is 0. The second kappa shape index (κ2) is 12.0. The number of carbonyl (C=O) groups is 3. The highest BCUT2D eigenvalue weighted by atomic mass is 32.2. The van der Waals surface area contributed by atoms with Gasteiger partial charge in [-0.15, -0.1) is 0 Å². The van der Waals surface area contributed by atoms with Gasteiger partial charge in [-0.1, -0.05) is 42.5 Å². The minimum Gasteiger partial charge on any atom is -0.467 e. The summed E-state index contributed by atoms with van der Waals surface area (Å²) in [5.74, 6) is -0.373. The number of methoxy groups -OCH3 is 1. The van der Waals surface area contributed by atoms with E-state index >= 15 is 0 Å². The van der Waals surface area contributed by atoms with Crippen molar-refractivity contribution in [1.29, 1.82) is 0 Å². The first-order valence-electron chi connectivity index (χ1n) is 11.1. The Morgan fingerprint density at radius 2 is 1.51 bits per heavy atom. The fraction of sp³-hybridized carbons (Fsp3) is 0.192. The molecule has 3 rings (SSSR count). The second-order valence-corrected chi connectivity index (χ2v) is 10.0. The van der Waals surface area contributed by atoms with E-state index < -0.39 is 34.0 Å². The summed E-state index contributed by atoms with van der Waals surface area (Å²) in [5, 5.41) is 5.06. The highest BCUT2D eigenvalue weighted by Crippen LogP contribution is 2.27. The molecule has 37 heavy (non-hydrogen) atoms. The largest absolute Gasteiger partial charge is 0.467 e. The molecule has 10 nitrogen and oxygen atoms in total. The monoisotopic (exact) mass is 525 g/mol. The molecule has 0 aliphatic rings. The lowest BCUT2D eigenvalue weighted by atomic mass is 10.1. The maximum absolute atomic E-state index is 13.1. The number of carbonyl (C=O) groups excluding carboxylic acids is 3. The van der Waals surface area contributed by atoms with Crippen molar-refractivity contribution in [1.82, 2.24) is 10.2 Å². The van der Waals surface area contributed by atoms with Gasteiger partial charge >= 0.3 is 18.1 Å². The van der Waals surface area contributed by atoms with E-state index in [2.05, 4.69) is 10.6 Å². The number of rotatable bonds is 8. The first-order valence-corrected chi connectivity index (χ1v) is 12.6. The van der Waals surface area contributed by atoms with Gasteiger partial charge in [0.1, 0.15) is 11.8 Å². The Hall–Kier alpha value is -4.38. The van der Waals surface area contributed by atoms with Crippen molar-refractivity contribution in [2.45, 2.75) is 22.3 Å². The first kappa shape index (κ1) is 27.2. The van der Waals surface area contributed by atoms with Crippen LogP contribution in [0.2, 0.25) is 0 Å². The third kappa shape index (κ3) is 7.07. The number of nitrogens with zero attached hydrogens (tertiary/aromatic N) is 1. The summed E-state index contributed by atoms with van der Waals surface area (Å²) < 4.78 is 36.2. The van der Waals surface area contributed by atoms with Crippen LogP contribution in [-0.2, 0) is 25.8 Å². The molecule has 0 aliphatic heterocycles. The molecule has 0 unspecified atom stereocenters. The molecule has 3 amide bonds. The van der Waals surface area contributed by atoms with Crippen molar-refractivity contribution in [2.75, 3.05) is 26.5 Å². The minimum atomic E-state index is -3.90. The Balaban J connectivity index is 1.74. The van der Waals surface area contributed by atoms with Gasteiger partial charge in [0.05, 0.1) is 22.6 Å². The average Bonchev–Trinajstić information content (AvgIpc) is 2.89. The quantitative estimate of drug-likeness (QED) is 0.431. The summed E-state index contributed by atoms with van der Waals surface area (Å²) in [6.07, 6.45) is -0.459. The van der Waals surface area contributed by atoms with Gasteiger partial charge < -0.3 is 25.0 Å². The molecular weight excluding hydrogens is 498 g/mol.